The average molecular weight is 256 g/mol. The summed E-state index contributed by atoms with van der Waals surface area (Å²) in [6, 6.07) is 9.45. The minimum atomic E-state index is 0.0155. The van der Waals surface area contributed by atoms with Crippen molar-refractivity contribution in [1.29, 1.82) is 0 Å². The highest BCUT2D eigenvalue weighted by Gasteiger charge is 1.99. The molecular weight excluding hydrogens is 240 g/mol. The molecule has 0 spiro atoms. The second-order valence-electron chi connectivity index (χ2n) is 4.03. The van der Waals surface area contributed by atoms with Crippen molar-refractivity contribution >= 4 is 17.3 Å². The summed E-state index contributed by atoms with van der Waals surface area (Å²) in [7, 11) is 0. The summed E-state index contributed by atoms with van der Waals surface area (Å²) in [6.45, 7) is 2.47. The Morgan fingerprint density at radius 1 is 1.16 bits per heavy atom. The number of rotatable bonds is 5. The van der Waals surface area contributed by atoms with Gasteiger partial charge in [-0.05, 0) is 30.3 Å². The van der Waals surface area contributed by atoms with Crippen molar-refractivity contribution in [1.82, 2.24) is 9.97 Å². The fourth-order valence-corrected chi connectivity index (χ4v) is 1.54. The largest absolute Gasteiger partial charge is 0.379 e. The maximum Gasteiger partial charge on any atom is 0.224 e. The van der Waals surface area contributed by atoms with Crippen LogP contribution in [0.4, 0.5) is 11.4 Å². The van der Waals surface area contributed by atoms with Crippen molar-refractivity contribution in [3.8, 4) is 0 Å². The van der Waals surface area contributed by atoms with Crippen molar-refractivity contribution in [3.05, 3.63) is 48.5 Å². The highest BCUT2D eigenvalue weighted by molar-refractivity contribution is 5.90. The SMILES string of the molecule is CCC(=O)Nc1ccc(NCc2ccncn2)cc1. The standard InChI is InChI=1S/C14H16N4O/c1-2-14(19)18-12-5-3-11(4-6-12)16-9-13-7-8-15-10-17-13/h3-8,10,16H,2,9H2,1H3,(H,18,19). The van der Waals surface area contributed by atoms with Gasteiger partial charge in [-0.25, -0.2) is 9.97 Å². The van der Waals surface area contributed by atoms with E-state index in [2.05, 4.69) is 20.6 Å². The van der Waals surface area contributed by atoms with Crippen LogP contribution >= 0.6 is 0 Å². The van der Waals surface area contributed by atoms with Gasteiger partial charge in [0.2, 0.25) is 5.91 Å². The minimum absolute atomic E-state index is 0.0155. The molecule has 1 aromatic heterocycles. The van der Waals surface area contributed by atoms with Crippen molar-refractivity contribution in [2.45, 2.75) is 19.9 Å². The molecule has 1 amide bonds. The van der Waals surface area contributed by atoms with E-state index in [-0.39, 0.29) is 5.91 Å². The summed E-state index contributed by atoms with van der Waals surface area (Å²) < 4.78 is 0. The van der Waals surface area contributed by atoms with E-state index in [1.54, 1.807) is 6.20 Å². The Kier molecular flexibility index (Phi) is 4.44. The van der Waals surface area contributed by atoms with Crippen molar-refractivity contribution in [2.24, 2.45) is 0 Å². The molecule has 1 aromatic carbocycles. The number of nitrogens with zero attached hydrogens (tertiary/aromatic N) is 2. The zero-order valence-corrected chi connectivity index (χ0v) is 10.8. The summed E-state index contributed by atoms with van der Waals surface area (Å²) >= 11 is 0. The van der Waals surface area contributed by atoms with Gasteiger partial charge in [0.25, 0.3) is 0 Å². The van der Waals surface area contributed by atoms with Gasteiger partial charge in [0.15, 0.2) is 0 Å². The van der Waals surface area contributed by atoms with E-state index in [4.69, 9.17) is 0 Å². The van der Waals surface area contributed by atoms with Crippen molar-refractivity contribution < 1.29 is 4.79 Å². The van der Waals surface area contributed by atoms with Crippen LogP contribution < -0.4 is 10.6 Å². The fraction of sp³-hybridized carbons (Fsp3) is 0.214. The molecule has 1 heterocycles. The van der Waals surface area contributed by atoms with E-state index in [1.165, 1.54) is 6.33 Å². The van der Waals surface area contributed by atoms with E-state index in [1.807, 2.05) is 37.3 Å². The van der Waals surface area contributed by atoms with E-state index in [9.17, 15) is 4.79 Å². The quantitative estimate of drug-likeness (QED) is 0.862. The Labute approximate surface area is 112 Å². The lowest BCUT2D eigenvalue weighted by atomic mass is 10.2. The third-order valence-electron chi connectivity index (χ3n) is 2.61. The lowest BCUT2D eigenvalue weighted by Crippen LogP contribution is -2.09. The van der Waals surface area contributed by atoms with Crippen LogP contribution in [0.3, 0.4) is 0 Å². The predicted octanol–water partition coefficient (Wildman–Crippen LogP) is 2.44. The van der Waals surface area contributed by atoms with Gasteiger partial charge in [-0.1, -0.05) is 6.92 Å². The molecule has 0 radical (unpaired) electrons. The van der Waals surface area contributed by atoms with Crippen molar-refractivity contribution in [2.75, 3.05) is 10.6 Å². The van der Waals surface area contributed by atoms with Crippen LogP contribution in [0, 0.1) is 0 Å². The molecule has 5 nitrogen and oxygen atoms in total. The zero-order chi connectivity index (χ0) is 13.5. The molecule has 98 valence electrons. The van der Waals surface area contributed by atoms with Crippen LogP contribution in [-0.2, 0) is 11.3 Å². The Morgan fingerprint density at radius 2 is 1.89 bits per heavy atom. The Morgan fingerprint density at radius 3 is 2.53 bits per heavy atom. The second kappa shape index (κ2) is 6.49. The van der Waals surface area contributed by atoms with Crippen LogP contribution in [0.15, 0.2) is 42.9 Å². The first-order valence-electron chi connectivity index (χ1n) is 6.16. The molecule has 0 bridgehead atoms. The zero-order valence-electron chi connectivity index (χ0n) is 10.8. The maximum atomic E-state index is 11.2. The number of carbonyl (C=O) groups is 1. The third kappa shape index (κ3) is 4.06. The molecule has 2 aromatic rings. The first-order chi connectivity index (χ1) is 9.28. The highest BCUT2D eigenvalue weighted by Crippen LogP contribution is 2.14. The van der Waals surface area contributed by atoms with Gasteiger partial charge in [-0.2, -0.15) is 0 Å². The lowest BCUT2D eigenvalue weighted by molar-refractivity contribution is -0.115. The van der Waals surface area contributed by atoms with Crippen LogP contribution in [0.5, 0.6) is 0 Å². The molecule has 19 heavy (non-hydrogen) atoms. The Hall–Kier alpha value is -2.43. The third-order valence-corrected chi connectivity index (χ3v) is 2.61. The van der Waals surface area contributed by atoms with Crippen LogP contribution in [0.25, 0.3) is 0 Å². The average Bonchev–Trinajstić information content (AvgIpc) is 2.47. The maximum absolute atomic E-state index is 11.2. The molecule has 0 saturated heterocycles. The van der Waals surface area contributed by atoms with Gasteiger partial charge in [0, 0.05) is 24.0 Å². The Balaban J connectivity index is 1.90. The number of anilines is 2. The molecular formula is C14H16N4O. The second-order valence-corrected chi connectivity index (χ2v) is 4.03. The van der Waals surface area contributed by atoms with Gasteiger partial charge < -0.3 is 10.6 Å². The summed E-state index contributed by atoms with van der Waals surface area (Å²) in [6.07, 6.45) is 3.72. The summed E-state index contributed by atoms with van der Waals surface area (Å²) in [5.74, 6) is 0.0155. The normalized spacial score (nSPS) is 9.95. The number of aromatic nitrogens is 2. The minimum Gasteiger partial charge on any atom is -0.379 e. The number of benzene rings is 1. The molecule has 2 rings (SSSR count). The van der Waals surface area contributed by atoms with E-state index in [0.29, 0.717) is 13.0 Å². The van der Waals surface area contributed by atoms with E-state index in [0.717, 1.165) is 17.1 Å². The first kappa shape index (κ1) is 13.0. The monoisotopic (exact) mass is 256 g/mol. The summed E-state index contributed by atoms with van der Waals surface area (Å²) in [5.41, 5.74) is 2.71. The topological polar surface area (TPSA) is 66.9 Å². The molecule has 5 heteroatoms. The Bertz CT molecular complexity index is 525. The van der Waals surface area contributed by atoms with E-state index < -0.39 is 0 Å². The molecule has 0 aliphatic rings. The number of hydrogen-bond donors (Lipinski definition) is 2. The lowest BCUT2D eigenvalue weighted by Gasteiger charge is -2.07. The molecule has 0 aliphatic carbocycles. The smallest absolute Gasteiger partial charge is 0.224 e. The molecule has 0 unspecified atom stereocenters. The number of carbonyl (C=O) groups excluding carboxylic acids is 1. The van der Waals surface area contributed by atoms with Gasteiger partial charge in [-0.3, -0.25) is 4.79 Å². The van der Waals surface area contributed by atoms with Gasteiger partial charge in [0.1, 0.15) is 6.33 Å². The van der Waals surface area contributed by atoms with E-state index >= 15 is 0 Å². The van der Waals surface area contributed by atoms with Crippen LogP contribution in [0.2, 0.25) is 0 Å². The highest BCUT2D eigenvalue weighted by atomic mass is 16.1. The van der Waals surface area contributed by atoms with Crippen molar-refractivity contribution in [3.63, 3.8) is 0 Å². The van der Waals surface area contributed by atoms with Crippen LogP contribution in [0.1, 0.15) is 19.0 Å². The van der Waals surface area contributed by atoms with Gasteiger partial charge >= 0.3 is 0 Å². The molecule has 0 fully saturated rings. The number of nitrogens with one attached hydrogen (secondary N) is 2. The number of hydrogen-bond acceptors (Lipinski definition) is 4. The summed E-state index contributed by atoms with van der Waals surface area (Å²) in [4.78, 5) is 19.2. The fourth-order valence-electron chi connectivity index (χ4n) is 1.54. The molecule has 0 saturated carbocycles. The predicted molar refractivity (Wildman–Crippen MR) is 74.7 cm³/mol. The van der Waals surface area contributed by atoms with Gasteiger partial charge in [-0.15, -0.1) is 0 Å². The molecule has 2 N–H and O–H groups in total. The molecule has 0 atom stereocenters. The summed E-state index contributed by atoms with van der Waals surface area (Å²) in [5, 5.41) is 6.06. The van der Waals surface area contributed by atoms with Gasteiger partial charge in [0.05, 0.1) is 12.2 Å². The first-order valence-corrected chi connectivity index (χ1v) is 6.16. The molecule has 0 aliphatic heterocycles. The van der Waals surface area contributed by atoms with Crippen LogP contribution in [-0.4, -0.2) is 15.9 Å². The number of amides is 1.